The van der Waals surface area contributed by atoms with Gasteiger partial charge in [-0.2, -0.15) is 18.4 Å². The fourth-order valence-electron chi connectivity index (χ4n) is 3.63. The lowest BCUT2D eigenvalue weighted by atomic mass is 9.87. The Morgan fingerprint density at radius 3 is 2.29 bits per heavy atom. The van der Waals surface area contributed by atoms with Crippen LogP contribution in [0.5, 0.6) is 0 Å². The molecule has 6 nitrogen and oxygen atoms in total. The van der Waals surface area contributed by atoms with Gasteiger partial charge >= 0.3 is 6.18 Å². The molecule has 0 saturated carbocycles. The third kappa shape index (κ3) is 4.31. The molecule has 0 fully saturated rings. The molecule has 0 radical (unpaired) electrons. The highest BCUT2D eigenvalue weighted by molar-refractivity contribution is 7.92. The molecule has 0 bridgehead atoms. The molecule has 0 amide bonds. The molecule has 2 aromatic carbocycles. The molecular formula is C24H21F3N4O2S. The number of benzene rings is 2. The van der Waals surface area contributed by atoms with E-state index in [1.807, 2.05) is 26.8 Å². The third-order valence-electron chi connectivity index (χ3n) is 5.54. The van der Waals surface area contributed by atoms with Gasteiger partial charge in [-0.05, 0) is 47.4 Å². The van der Waals surface area contributed by atoms with Crippen LogP contribution >= 0.6 is 0 Å². The third-order valence-corrected chi connectivity index (χ3v) is 7.31. The molecule has 0 unspecified atom stereocenters. The molecule has 0 aliphatic carbocycles. The minimum Gasteiger partial charge on any atom is -0.338 e. The Kier molecular flexibility index (Phi) is 5.56. The number of pyridine rings is 1. The van der Waals surface area contributed by atoms with E-state index in [4.69, 9.17) is 0 Å². The molecule has 1 aromatic heterocycles. The van der Waals surface area contributed by atoms with Gasteiger partial charge in [0, 0.05) is 5.56 Å². The topological polar surface area (TPSA) is 86.1 Å². The van der Waals surface area contributed by atoms with Gasteiger partial charge in [-0.1, -0.05) is 39.0 Å². The number of nitriles is 1. The molecule has 1 aliphatic rings. The summed E-state index contributed by atoms with van der Waals surface area (Å²) in [6.45, 7) is 5.76. The molecule has 10 heteroatoms. The van der Waals surface area contributed by atoms with E-state index in [0.717, 1.165) is 15.9 Å². The zero-order valence-corrected chi connectivity index (χ0v) is 19.4. The first kappa shape index (κ1) is 23.6. The van der Waals surface area contributed by atoms with E-state index in [2.05, 4.69) is 10.3 Å². The average molecular weight is 487 g/mol. The highest BCUT2D eigenvalue weighted by Gasteiger charge is 2.35. The first-order chi connectivity index (χ1) is 15.8. The van der Waals surface area contributed by atoms with Crippen LogP contribution in [-0.2, 0) is 28.2 Å². The Balaban J connectivity index is 1.87. The van der Waals surface area contributed by atoms with Gasteiger partial charge in [0.05, 0.1) is 34.4 Å². The van der Waals surface area contributed by atoms with Gasteiger partial charge in [-0.15, -0.1) is 0 Å². The number of halogens is 3. The van der Waals surface area contributed by atoms with Gasteiger partial charge < -0.3 is 5.32 Å². The van der Waals surface area contributed by atoms with Gasteiger partial charge in [0.1, 0.15) is 11.5 Å². The van der Waals surface area contributed by atoms with Crippen LogP contribution in [0.3, 0.4) is 0 Å². The lowest BCUT2D eigenvalue weighted by Crippen LogP contribution is -2.30. The average Bonchev–Trinajstić information content (AvgIpc) is 2.94. The SMILES string of the molecule is CC(C)(C)c1ccc(S(=O)(=O)N2Cc3ccc(C(F)(F)F)nc3Nc3ccc(C#N)cc32)cc1. The summed E-state index contributed by atoms with van der Waals surface area (Å²) >= 11 is 0. The van der Waals surface area contributed by atoms with Crippen LogP contribution in [0.2, 0.25) is 0 Å². The van der Waals surface area contributed by atoms with E-state index in [1.54, 1.807) is 12.1 Å². The molecule has 34 heavy (non-hydrogen) atoms. The second kappa shape index (κ2) is 8.02. The van der Waals surface area contributed by atoms with Gasteiger partial charge in [0.2, 0.25) is 0 Å². The van der Waals surface area contributed by atoms with E-state index in [9.17, 15) is 26.9 Å². The summed E-state index contributed by atoms with van der Waals surface area (Å²) in [6, 6.07) is 14.8. The molecule has 0 saturated heterocycles. The zero-order valence-electron chi connectivity index (χ0n) is 18.6. The van der Waals surface area contributed by atoms with Crippen LogP contribution < -0.4 is 9.62 Å². The summed E-state index contributed by atoms with van der Waals surface area (Å²) < 4.78 is 68.2. The Morgan fingerprint density at radius 2 is 1.71 bits per heavy atom. The van der Waals surface area contributed by atoms with E-state index in [-0.39, 0.29) is 45.2 Å². The highest BCUT2D eigenvalue weighted by atomic mass is 32.2. The molecular weight excluding hydrogens is 465 g/mol. The number of rotatable bonds is 2. The van der Waals surface area contributed by atoms with Crippen molar-refractivity contribution in [2.24, 2.45) is 0 Å². The summed E-state index contributed by atoms with van der Waals surface area (Å²) in [7, 11) is -4.13. The predicted octanol–water partition coefficient (Wildman–Crippen LogP) is 5.72. The Morgan fingerprint density at radius 1 is 1.03 bits per heavy atom. The largest absolute Gasteiger partial charge is 0.433 e. The lowest BCUT2D eigenvalue weighted by Gasteiger charge is -2.25. The summed E-state index contributed by atoms with van der Waals surface area (Å²) in [5, 5.41) is 12.2. The monoisotopic (exact) mass is 486 g/mol. The fourth-order valence-corrected chi connectivity index (χ4v) is 5.08. The second-order valence-electron chi connectivity index (χ2n) is 8.96. The minimum atomic E-state index is -4.66. The Bertz CT molecular complexity index is 1400. The molecule has 4 rings (SSSR count). The fraction of sp³-hybridized carbons (Fsp3) is 0.250. The van der Waals surface area contributed by atoms with Crippen LogP contribution in [0.25, 0.3) is 0 Å². The normalized spacial score (nSPS) is 13.9. The molecule has 0 atom stereocenters. The number of anilines is 3. The van der Waals surface area contributed by atoms with Crippen molar-refractivity contribution in [3.63, 3.8) is 0 Å². The Hall–Kier alpha value is -3.58. The van der Waals surface area contributed by atoms with Crippen molar-refractivity contribution >= 4 is 27.2 Å². The van der Waals surface area contributed by atoms with Crippen molar-refractivity contribution in [2.45, 2.75) is 43.8 Å². The first-order valence-corrected chi connectivity index (χ1v) is 11.8. The van der Waals surface area contributed by atoms with Crippen molar-refractivity contribution in [3.05, 3.63) is 77.0 Å². The van der Waals surface area contributed by atoms with Gasteiger partial charge in [0.25, 0.3) is 10.0 Å². The number of aromatic nitrogens is 1. The molecule has 1 N–H and O–H groups in total. The van der Waals surface area contributed by atoms with Crippen molar-refractivity contribution in [3.8, 4) is 6.07 Å². The number of alkyl halides is 3. The van der Waals surface area contributed by atoms with Crippen LogP contribution in [0.4, 0.5) is 30.4 Å². The van der Waals surface area contributed by atoms with Crippen LogP contribution in [0, 0.1) is 11.3 Å². The number of nitrogens with zero attached hydrogens (tertiary/aromatic N) is 3. The Labute approximate surface area is 195 Å². The molecule has 1 aliphatic heterocycles. The molecule has 0 spiro atoms. The standard InChI is InChI=1S/C24H21F3N4O2S/c1-23(2,3)17-6-8-18(9-7-17)34(32,33)31-14-16-5-11-21(24(25,26)27)30-22(16)29-19-10-4-15(13-28)12-20(19)31/h4-12H,14H2,1-3H3,(H,29,30). The number of hydrogen-bond donors (Lipinski definition) is 1. The predicted molar refractivity (Wildman–Crippen MR) is 122 cm³/mol. The number of fused-ring (bicyclic) bond motifs is 2. The number of sulfonamides is 1. The minimum absolute atomic E-state index is 0.0251. The van der Waals surface area contributed by atoms with Crippen LogP contribution in [-0.4, -0.2) is 13.4 Å². The smallest absolute Gasteiger partial charge is 0.338 e. The van der Waals surface area contributed by atoms with E-state index in [1.165, 1.54) is 36.4 Å². The summed E-state index contributed by atoms with van der Waals surface area (Å²) in [6.07, 6.45) is -4.66. The van der Waals surface area contributed by atoms with Crippen LogP contribution in [0.15, 0.2) is 59.5 Å². The second-order valence-corrected chi connectivity index (χ2v) is 10.8. The number of hydrogen-bond acceptors (Lipinski definition) is 5. The van der Waals surface area contributed by atoms with Crippen molar-refractivity contribution in [1.82, 2.24) is 4.98 Å². The summed E-state index contributed by atoms with van der Waals surface area (Å²) in [5.41, 5.74) is 0.513. The van der Waals surface area contributed by atoms with Crippen LogP contribution in [0.1, 0.15) is 43.2 Å². The van der Waals surface area contributed by atoms with Crippen molar-refractivity contribution < 1.29 is 21.6 Å². The maximum atomic E-state index is 13.7. The van der Waals surface area contributed by atoms with Gasteiger partial charge in [-0.25, -0.2) is 13.4 Å². The molecule has 3 aromatic rings. The first-order valence-electron chi connectivity index (χ1n) is 10.3. The maximum Gasteiger partial charge on any atom is 0.433 e. The van der Waals surface area contributed by atoms with Crippen molar-refractivity contribution in [2.75, 3.05) is 9.62 Å². The van der Waals surface area contributed by atoms with E-state index in [0.29, 0.717) is 0 Å². The maximum absolute atomic E-state index is 13.7. The summed E-state index contributed by atoms with van der Waals surface area (Å²) in [4.78, 5) is 3.72. The number of nitrogens with one attached hydrogen (secondary N) is 1. The zero-order chi connectivity index (χ0) is 24.9. The summed E-state index contributed by atoms with van der Waals surface area (Å²) in [5.74, 6) is -0.0958. The molecule has 2 heterocycles. The lowest BCUT2D eigenvalue weighted by molar-refractivity contribution is -0.141. The van der Waals surface area contributed by atoms with Crippen molar-refractivity contribution in [1.29, 1.82) is 5.26 Å². The van der Waals surface area contributed by atoms with E-state index < -0.39 is 21.9 Å². The molecule has 176 valence electrons. The van der Waals surface area contributed by atoms with Gasteiger partial charge in [-0.3, -0.25) is 4.31 Å². The quantitative estimate of drug-likeness (QED) is 0.501. The highest BCUT2D eigenvalue weighted by Crippen LogP contribution is 2.40. The van der Waals surface area contributed by atoms with E-state index >= 15 is 0 Å². The van der Waals surface area contributed by atoms with Gasteiger partial charge in [0.15, 0.2) is 0 Å².